The first kappa shape index (κ1) is 13.0. The lowest BCUT2D eigenvalue weighted by Gasteiger charge is -2.12. The van der Waals surface area contributed by atoms with E-state index in [0.717, 1.165) is 6.07 Å². The van der Waals surface area contributed by atoms with Crippen molar-refractivity contribution in [1.82, 2.24) is 5.32 Å². The van der Waals surface area contributed by atoms with Gasteiger partial charge in [0, 0.05) is 5.57 Å². The number of nitrogens with two attached hydrogens (primary N) is 1. The number of methoxy groups -OCH3 is 1. The van der Waals surface area contributed by atoms with Crippen LogP contribution in [0.4, 0.5) is 14.5 Å². The molecule has 19 heavy (non-hydrogen) atoms. The van der Waals surface area contributed by atoms with E-state index in [2.05, 4.69) is 17.2 Å². The number of hydrogen-bond donors (Lipinski definition) is 2. The van der Waals surface area contributed by atoms with Crippen LogP contribution in [0.1, 0.15) is 5.56 Å². The minimum absolute atomic E-state index is 0.122. The van der Waals surface area contributed by atoms with E-state index in [1.165, 1.54) is 6.07 Å². The zero-order valence-corrected chi connectivity index (χ0v) is 10.3. The summed E-state index contributed by atoms with van der Waals surface area (Å²) in [7, 11) is 1.54. The average Bonchev–Trinajstić information content (AvgIpc) is 2.44. The maximum atomic E-state index is 13.6. The van der Waals surface area contributed by atoms with E-state index in [-0.39, 0.29) is 11.3 Å². The summed E-state index contributed by atoms with van der Waals surface area (Å²) in [6.07, 6.45) is 3.42. The number of nitrogen functional groups attached to an aromatic ring is 1. The molecule has 1 aliphatic heterocycles. The Hall–Kier alpha value is -2.48. The SMILES string of the molecule is COC1=CC=C(C#Cc2c(F)ccc(N)c2F)CN1. The minimum atomic E-state index is -0.829. The molecule has 5 heteroatoms. The first-order valence-electron chi connectivity index (χ1n) is 5.56. The molecule has 0 spiro atoms. The Bertz CT molecular complexity index is 624. The minimum Gasteiger partial charge on any atom is -0.483 e. The van der Waals surface area contributed by atoms with Crippen molar-refractivity contribution in [2.45, 2.75) is 0 Å². The summed E-state index contributed by atoms with van der Waals surface area (Å²) in [4.78, 5) is 0. The third kappa shape index (κ3) is 2.86. The molecular weight excluding hydrogens is 250 g/mol. The molecule has 0 saturated heterocycles. The Morgan fingerprint density at radius 2 is 2.05 bits per heavy atom. The van der Waals surface area contributed by atoms with Crippen molar-refractivity contribution in [2.75, 3.05) is 19.4 Å². The Kier molecular flexibility index (Phi) is 3.71. The van der Waals surface area contributed by atoms with Crippen LogP contribution in [-0.2, 0) is 4.74 Å². The number of benzene rings is 1. The average molecular weight is 262 g/mol. The second kappa shape index (κ2) is 5.44. The van der Waals surface area contributed by atoms with E-state index in [1.807, 2.05) is 0 Å². The highest BCUT2D eigenvalue weighted by Gasteiger charge is 2.09. The van der Waals surface area contributed by atoms with Crippen LogP contribution in [0.2, 0.25) is 0 Å². The molecule has 0 atom stereocenters. The van der Waals surface area contributed by atoms with E-state index in [0.29, 0.717) is 18.0 Å². The first-order chi connectivity index (χ1) is 9.11. The summed E-state index contributed by atoms with van der Waals surface area (Å²) in [6.45, 7) is 0.443. The van der Waals surface area contributed by atoms with Gasteiger partial charge in [-0.05, 0) is 24.3 Å². The zero-order valence-electron chi connectivity index (χ0n) is 10.3. The van der Waals surface area contributed by atoms with Gasteiger partial charge in [-0.1, -0.05) is 11.8 Å². The maximum Gasteiger partial charge on any atom is 0.186 e. The van der Waals surface area contributed by atoms with Gasteiger partial charge in [-0.3, -0.25) is 0 Å². The quantitative estimate of drug-likeness (QED) is 0.600. The fourth-order valence-electron chi connectivity index (χ4n) is 1.53. The number of nitrogens with one attached hydrogen (secondary N) is 1. The van der Waals surface area contributed by atoms with Gasteiger partial charge in [-0.2, -0.15) is 0 Å². The van der Waals surface area contributed by atoms with E-state index < -0.39 is 11.6 Å². The third-order valence-electron chi connectivity index (χ3n) is 2.58. The molecule has 0 aromatic heterocycles. The second-order valence-corrected chi connectivity index (χ2v) is 3.86. The third-order valence-corrected chi connectivity index (χ3v) is 2.58. The second-order valence-electron chi connectivity index (χ2n) is 3.86. The maximum absolute atomic E-state index is 13.6. The molecule has 3 N–H and O–H groups in total. The van der Waals surface area contributed by atoms with Crippen LogP contribution in [0.3, 0.4) is 0 Å². The molecule has 1 aliphatic rings. The Morgan fingerprint density at radius 3 is 2.68 bits per heavy atom. The van der Waals surface area contributed by atoms with Gasteiger partial charge in [-0.15, -0.1) is 0 Å². The van der Waals surface area contributed by atoms with Gasteiger partial charge in [0.2, 0.25) is 0 Å². The van der Waals surface area contributed by atoms with Crippen LogP contribution in [-0.4, -0.2) is 13.7 Å². The molecule has 1 aromatic carbocycles. The number of ether oxygens (including phenoxy) is 1. The van der Waals surface area contributed by atoms with Crippen molar-refractivity contribution >= 4 is 5.69 Å². The molecule has 0 aliphatic carbocycles. The molecule has 0 unspecified atom stereocenters. The van der Waals surface area contributed by atoms with Crippen LogP contribution in [0.15, 0.2) is 35.7 Å². The smallest absolute Gasteiger partial charge is 0.186 e. The number of dihydropyridines is 1. The van der Waals surface area contributed by atoms with Crippen LogP contribution in [0.25, 0.3) is 0 Å². The summed E-state index contributed by atoms with van der Waals surface area (Å²) in [6, 6.07) is 2.27. The van der Waals surface area contributed by atoms with Gasteiger partial charge in [0.25, 0.3) is 0 Å². The Morgan fingerprint density at radius 1 is 1.26 bits per heavy atom. The van der Waals surface area contributed by atoms with E-state index in [9.17, 15) is 8.78 Å². The highest BCUT2D eigenvalue weighted by Crippen LogP contribution is 2.17. The highest BCUT2D eigenvalue weighted by atomic mass is 19.1. The fraction of sp³-hybridized carbons (Fsp3) is 0.143. The fourth-order valence-corrected chi connectivity index (χ4v) is 1.53. The summed E-state index contributed by atoms with van der Waals surface area (Å²) in [5.41, 5.74) is 5.63. The molecular formula is C14H12F2N2O. The van der Waals surface area contributed by atoms with Gasteiger partial charge in [0.05, 0.1) is 24.9 Å². The van der Waals surface area contributed by atoms with Gasteiger partial charge < -0.3 is 15.8 Å². The van der Waals surface area contributed by atoms with Crippen LogP contribution in [0, 0.1) is 23.5 Å². The van der Waals surface area contributed by atoms with Crippen molar-refractivity contribution in [3.63, 3.8) is 0 Å². The predicted molar refractivity (Wildman–Crippen MR) is 68.8 cm³/mol. The molecule has 3 nitrogen and oxygen atoms in total. The summed E-state index contributed by atoms with van der Waals surface area (Å²) >= 11 is 0. The van der Waals surface area contributed by atoms with E-state index in [1.54, 1.807) is 19.3 Å². The van der Waals surface area contributed by atoms with Crippen molar-refractivity contribution in [3.05, 3.63) is 52.9 Å². The van der Waals surface area contributed by atoms with Gasteiger partial charge in [-0.25, -0.2) is 8.78 Å². The van der Waals surface area contributed by atoms with Gasteiger partial charge in [0.1, 0.15) is 5.82 Å². The summed E-state index contributed by atoms with van der Waals surface area (Å²) in [5.74, 6) is 4.23. The molecule has 0 amide bonds. The highest BCUT2D eigenvalue weighted by molar-refractivity contribution is 5.52. The molecule has 1 aromatic rings. The molecule has 2 rings (SSSR count). The largest absolute Gasteiger partial charge is 0.483 e. The first-order valence-corrected chi connectivity index (χ1v) is 5.56. The van der Waals surface area contributed by atoms with Crippen molar-refractivity contribution in [3.8, 4) is 11.8 Å². The lowest BCUT2D eigenvalue weighted by atomic mass is 10.1. The van der Waals surface area contributed by atoms with Crippen molar-refractivity contribution in [2.24, 2.45) is 0 Å². The number of hydrogen-bond acceptors (Lipinski definition) is 3. The molecule has 0 bridgehead atoms. The van der Waals surface area contributed by atoms with Crippen LogP contribution >= 0.6 is 0 Å². The van der Waals surface area contributed by atoms with Gasteiger partial charge in [0.15, 0.2) is 11.7 Å². The van der Waals surface area contributed by atoms with Crippen molar-refractivity contribution in [1.29, 1.82) is 0 Å². The molecule has 0 radical (unpaired) electrons. The summed E-state index contributed by atoms with van der Waals surface area (Å²) in [5, 5.41) is 2.95. The van der Waals surface area contributed by atoms with E-state index >= 15 is 0 Å². The Balaban J connectivity index is 2.29. The summed E-state index contributed by atoms with van der Waals surface area (Å²) < 4.78 is 32.0. The number of rotatable bonds is 1. The van der Waals surface area contributed by atoms with E-state index in [4.69, 9.17) is 10.5 Å². The normalized spacial score (nSPS) is 13.6. The monoisotopic (exact) mass is 262 g/mol. The number of halogens is 2. The lowest BCUT2D eigenvalue weighted by Crippen LogP contribution is -2.20. The standard InChI is InChI=1S/C14H12F2N2O/c1-19-13-7-3-9(8-18-13)2-4-10-11(15)5-6-12(17)14(10)16/h3,5-7,18H,8,17H2,1H3. The molecule has 98 valence electrons. The lowest BCUT2D eigenvalue weighted by molar-refractivity contribution is 0.263. The predicted octanol–water partition coefficient (Wildman–Crippen LogP) is 1.92. The molecule has 1 heterocycles. The number of anilines is 1. The van der Waals surface area contributed by atoms with Crippen molar-refractivity contribution < 1.29 is 13.5 Å². The topological polar surface area (TPSA) is 47.3 Å². The molecule has 0 saturated carbocycles. The van der Waals surface area contributed by atoms with Gasteiger partial charge >= 0.3 is 0 Å². The zero-order chi connectivity index (χ0) is 13.8. The molecule has 0 fully saturated rings. The van der Waals surface area contributed by atoms with Crippen LogP contribution in [0.5, 0.6) is 0 Å². The number of allylic oxidation sites excluding steroid dienone is 2. The van der Waals surface area contributed by atoms with Crippen LogP contribution < -0.4 is 11.1 Å². The Labute approximate surface area is 109 Å².